The molecule has 0 unspecified atom stereocenters. The van der Waals surface area contributed by atoms with Crippen LogP contribution in [0.3, 0.4) is 0 Å². The molecule has 1 fully saturated rings. The molecule has 22 heavy (non-hydrogen) atoms. The van der Waals surface area contributed by atoms with Gasteiger partial charge in [-0.1, -0.05) is 24.3 Å². The lowest BCUT2D eigenvalue weighted by atomic mass is 9.94. The van der Waals surface area contributed by atoms with Gasteiger partial charge in [0.1, 0.15) is 0 Å². The third kappa shape index (κ3) is 2.32. The Labute approximate surface area is 137 Å². The summed E-state index contributed by atoms with van der Waals surface area (Å²) in [5.41, 5.74) is 3.16. The van der Waals surface area contributed by atoms with Crippen LogP contribution in [0.15, 0.2) is 36.4 Å². The Balaban J connectivity index is 1.58. The fraction of sp³-hybridized carbons (Fsp3) is 0.474. The van der Waals surface area contributed by atoms with Crippen molar-refractivity contribution in [3.63, 3.8) is 0 Å². The highest BCUT2D eigenvalue weighted by Gasteiger charge is 2.46. The van der Waals surface area contributed by atoms with E-state index in [1.807, 2.05) is 11.3 Å². The van der Waals surface area contributed by atoms with Crippen molar-refractivity contribution in [2.45, 2.75) is 25.4 Å². The molecule has 3 atom stereocenters. The van der Waals surface area contributed by atoms with Crippen LogP contribution in [-0.2, 0) is 6.54 Å². The van der Waals surface area contributed by atoms with Gasteiger partial charge in [-0.3, -0.25) is 4.90 Å². The van der Waals surface area contributed by atoms with Crippen molar-refractivity contribution < 1.29 is 0 Å². The third-order valence-electron chi connectivity index (χ3n) is 5.29. The van der Waals surface area contributed by atoms with Crippen LogP contribution in [0, 0.1) is 12.8 Å². The number of rotatable bonds is 3. The van der Waals surface area contributed by atoms with Crippen LogP contribution in [0.4, 0.5) is 0 Å². The van der Waals surface area contributed by atoms with Crippen molar-refractivity contribution in [2.24, 2.45) is 5.92 Å². The SMILES string of the molecule is Cc1ccc(CN2C[C@H]3[C@@H](C2)c2ccccc2[C@@H]3N(C)C)s1. The first-order valence-electron chi connectivity index (χ1n) is 8.16. The summed E-state index contributed by atoms with van der Waals surface area (Å²) in [5.74, 6) is 1.46. The zero-order chi connectivity index (χ0) is 15.3. The normalized spacial score (nSPS) is 27.4. The van der Waals surface area contributed by atoms with Crippen molar-refractivity contribution in [1.29, 1.82) is 0 Å². The van der Waals surface area contributed by atoms with E-state index in [0.29, 0.717) is 12.0 Å². The first kappa shape index (κ1) is 14.4. The van der Waals surface area contributed by atoms with E-state index in [0.717, 1.165) is 12.5 Å². The summed E-state index contributed by atoms with van der Waals surface area (Å²) in [6, 6.07) is 14.2. The molecule has 0 bridgehead atoms. The minimum Gasteiger partial charge on any atom is -0.302 e. The number of likely N-dealkylation sites (tertiary alicyclic amines) is 1. The van der Waals surface area contributed by atoms with Gasteiger partial charge >= 0.3 is 0 Å². The fourth-order valence-electron chi connectivity index (χ4n) is 4.49. The quantitative estimate of drug-likeness (QED) is 0.848. The molecule has 1 aromatic carbocycles. The number of fused-ring (bicyclic) bond motifs is 3. The molecule has 1 aromatic heterocycles. The summed E-state index contributed by atoms with van der Waals surface area (Å²) >= 11 is 1.94. The summed E-state index contributed by atoms with van der Waals surface area (Å²) in [6.45, 7) is 5.75. The van der Waals surface area contributed by atoms with Crippen LogP contribution < -0.4 is 0 Å². The molecule has 2 nitrogen and oxygen atoms in total. The minimum atomic E-state index is 0.580. The van der Waals surface area contributed by atoms with E-state index >= 15 is 0 Å². The zero-order valence-corrected chi connectivity index (χ0v) is 14.4. The Hall–Kier alpha value is -1.16. The smallest absolute Gasteiger partial charge is 0.0391 e. The molecule has 0 N–H and O–H groups in total. The Kier molecular flexibility index (Phi) is 3.60. The van der Waals surface area contributed by atoms with Gasteiger partial charge in [0.2, 0.25) is 0 Å². The van der Waals surface area contributed by atoms with Crippen molar-refractivity contribution in [2.75, 3.05) is 27.2 Å². The lowest BCUT2D eigenvalue weighted by molar-refractivity contribution is 0.212. The molecule has 1 aliphatic heterocycles. The molecule has 2 aliphatic rings. The number of hydrogen-bond donors (Lipinski definition) is 0. The van der Waals surface area contributed by atoms with Crippen LogP contribution >= 0.6 is 11.3 Å². The number of hydrogen-bond acceptors (Lipinski definition) is 3. The molecule has 3 heteroatoms. The van der Waals surface area contributed by atoms with Crippen LogP contribution in [-0.4, -0.2) is 37.0 Å². The van der Waals surface area contributed by atoms with Gasteiger partial charge in [0.15, 0.2) is 0 Å². The van der Waals surface area contributed by atoms with Gasteiger partial charge in [-0.15, -0.1) is 11.3 Å². The van der Waals surface area contributed by atoms with Gasteiger partial charge in [0, 0.05) is 41.3 Å². The van der Waals surface area contributed by atoms with Crippen molar-refractivity contribution in [1.82, 2.24) is 9.80 Å². The fourth-order valence-corrected chi connectivity index (χ4v) is 5.42. The van der Waals surface area contributed by atoms with Gasteiger partial charge in [-0.25, -0.2) is 0 Å². The minimum absolute atomic E-state index is 0.580. The Bertz CT molecular complexity index is 676. The second-order valence-electron chi connectivity index (χ2n) is 7.01. The molecule has 2 heterocycles. The maximum Gasteiger partial charge on any atom is 0.0391 e. The summed E-state index contributed by atoms with van der Waals surface area (Å²) in [7, 11) is 4.46. The molecule has 116 valence electrons. The second-order valence-corrected chi connectivity index (χ2v) is 8.39. The highest BCUT2D eigenvalue weighted by molar-refractivity contribution is 7.11. The summed E-state index contributed by atoms with van der Waals surface area (Å²) in [4.78, 5) is 8.01. The third-order valence-corrected chi connectivity index (χ3v) is 6.28. The predicted octanol–water partition coefficient (Wildman–Crippen LogP) is 3.89. The van der Waals surface area contributed by atoms with Crippen LogP contribution in [0.5, 0.6) is 0 Å². The highest BCUT2D eigenvalue weighted by Crippen LogP contribution is 2.51. The Morgan fingerprint density at radius 1 is 1.09 bits per heavy atom. The summed E-state index contributed by atoms with van der Waals surface area (Å²) < 4.78 is 0. The molecule has 1 saturated heterocycles. The van der Waals surface area contributed by atoms with Gasteiger partial charge in [-0.2, -0.15) is 0 Å². The molecule has 0 saturated carbocycles. The Morgan fingerprint density at radius 3 is 2.55 bits per heavy atom. The van der Waals surface area contributed by atoms with Crippen LogP contribution in [0.25, 0.3) is 0 Å². The summed E-state index contributed by atoms with van der Waals surface area (Å²) in [6.07, 6.45) is 0. The van der Waals surface area contributed by atoms with Gasteiger partial charge in [0.25, 0.3) is 0 Å². The van der Waals surface area contributed by atoms with E-state index in [1.165, 1.54) is 22.8 Å². The number of nitrogens with zero attached hydrogens (tertiary/aromatic N) is 2. The predicted molar refractivity (Wildman–Crippen MR) is 93.4 cm³/mol. The van der Waals surface area contributed by atoms with Crippen LogP contribution in [0.2, 0.25) is 0 Å². The standard InChI is InChI=1S/C19H24N2S/c1-13-8-9-14(22-13)10-21-11-17-15-6-4-5-7-16(15)19(20(2)3)18(17)12-21/h4-9,17-19H,10-12H2,1-3H3/t17-,18-,19-/m0/s1. The molecule has 0 amide bonds. The van der Waals surface area contributed by atoms with Gasteiger partial charge in [-0.05, 0) is 50.2 Å². The van der Waals surface area contributed by atoms with Gasteiger partial charge in [0.05, 0.1) is 0 Å². The molecule has 0 radical (unpaired) electrons. The average molecular weight is 312 g/mol. The maximum absolute atomic E-state index is 2.66. The average Bonchev–Trinajstić information content (AvgIpc) is 3.13. The molecular weight excluding hydrogens is 288 g/mol. The van der Waals surface area contributed by atoms with E-state index in [4.69, 9.17) is 0 Å². The van der Waals surface area contributed by atoms with Crippen LogP contribution in [0.1, 0.15) is 32.8 Å². The topological polar surface area (TPSA) is 6.48 Å². The van der Waals surface area contributed by atoms with E-state index < -0.39 is 0 Å². The molecular formula is C19H24N2S. The largest absolute Gasteiger partial charge is 0.302 e. The molecule has 2 aromatic rings. The maximum atomic E-state index is 2.66. The second kappa shape index (κ2) is 5.48. The number of benzene rings is 1. The van der Waals surface area contributed by atoms with E-state index in [2.05, 4.69) is 67.2 Å². The van der Waals surface area contributed by atoms with Crippen molar-refractivity contribution in [3.8, 4) is 0 Å². The Morgan fingerprint density at radius 2 is 1.86 bits per heavy atom. The highest BCUT2D eigenvalue weighted by atomic mass is 32.1. The van der Waals surface area contributed by atoms with Gasteiger partial charge < -0.3 is 4.90 Å². The van der Waals surface area contributed by atoms with E-state index in [-0.39, 0.29) is 0 Å². The van der Waals surface area contributed by atoms with E-state index in [9.17, 15) is 0 Å². The molecule has 1 aliphatic carbocycles. The summed E-state index contributed by atoms with van der Waals surface area (Å²) in [5, 5.41) is 0. The van der Waals surface area contributed by atoms with Crippen molar-refractivity contribution >= 4 is 11.3 Å². The zero-order valence-electron chi connectivity index (χ0n) is 13.6. The van der Waals surface area contributed by atoms with E-state index in [1.54, 1.807) is 11.1 Å². The number of aryl methyl sites for hydroxylation is 1. The van der Waals surface area contributed by atoms with Crippen molar-refractivity contribution in [3.05, 3.63) is 57.3 Å². The molecule has 4 rings (SSSR count). The monoisotopic (exact) mass is 312 g/mol. The lowest BCUT2D eigenvalue weighted by Crippen LogP contribution is -2.28. The molecule has 0 spiro atoms. The number of thiophene rings is 1. The first-order chi connectivity index (χ1) is 10.6. The first-order valence-corrected chi connectivity index (χ1v) is 8.98. The lowest BCUT2D eigenvalue weighted by Gasteiger charge is -2.27.